The number of fused-ring (bicyclic) bond motifs is 1. The maximum absolute atomic E-state index is 12.0. The van der Waals surface area contributed by atoms with E-state index in [0.29, 0.717) is 16.5 Å². The predicted molar refractivity (Wildman–Crippen MR) is 66.5 cm³/mol. The third-order valence-corrected chi connectivity index (χ3v) is 2.57. The molecule has 0 saturated heterocycles. The zero-order chi connectivity index (χ0) is 14.0. The zero-order valence-corrected chi connectivity index (χ0v) is 10.1. The van der Waals surface area contributed by atoms with Crippen LogP contribution in [-0.4, -0.2) is 28.5 Å². The van der Waals surface area contributed by atoms with Gasteiger partial charge in [0, 0.05) is 0 Å². The topological polar surface area (TPSA) is 104 Å². The lowest BCUT2D eigenvalue weighted by Gasteiger charge is -2.05. The Morgan fingerprint density at radius 2 is 2.16 bits per heavy atom. The maximum Gasteiger partial charge on any atom is 0.337 e. The summed E-state index contributed by atoms with van der Waals surface area (Å²) in [4.78, 5) is 38.2. The molecule has 0 radical (unpaired) electrons. The summed E-state index contributed by atoms with van der Waals surface area (Å²) in [5, 5.41) is 0.302. The molecular formula is C12H11N3O4. The van der Waals surface area contributed by atoms with Gasteiger partial charge < -0.3 is 10.5 Å². The van der Waals surface area contributed by atoms with Gasteiger partial charge >= 0.3 is 5.97 Å². The van der Waals surface area contributed by atoms with Crippen LogP contribution in [0.15, 0.2) is 29.3 Å². The van der Waals surface area contributed by atoms with Gasteiger partial charge in [-0.15, -0.1) is 0 Å². The molecule has 98 valence electrons. The van der Waals surface area contributed by atoms with Gasteiger partial charge in [-0.3, -0.25) is 14.2 Å². The number of hydrogen-bond acceptors (Lipinski definition) is 5. The summed E-state index contributed by atoms with van der Waals surface area (Å²) < 4.78 is 5.69. The number of esters is 1. The molecule has 1 heterocycles. The number of methoxy groups -OCH3 is 1. The molecule has 0 aliphatic rings. The summed E-state index contributed by atoms with van der Waals surface area (Å²) in [5.74, 6) is -1.14. The predicted octanol–water partition coefficient (Wildman–Crippen LogP) is -0.332. The van der Waals surface area contributed by atoms with E-state index in [1.165, 1.54) is 31.6 Å². The minimum Gasteiger partial charge on any atom is -0.465 e. The first-order valence-electron chi connectivity index (χ1n) is 5.38. The second-order valence-corrected chi connectivity index (χ2v) is 3.87. The van der Waals surface area contributed by atoms with Crippen LogP contribution in [0.4, 0.5) is 0 Å². The van der Waals surface area contributed by atoms with Crippen LogP contribution < -0.4 is 11.3 Å². The van der Waals surface area contributed by atoms with Crippen molar-refractivity contribution in [3.63, 3.8) is 0 Å². The van der Waals surface area contributed by atoms with Gasteiger partial charge in [-0.2, -0.15) is 0 Å². The first-order chi connectivity index (χ1) is 9.02. The fraction of sp³-hybridized carbons (Fsp3) is 0.167. The molecule has 0 aliphatic carbocycles. The van der Waals surface area contributed by atoms with E-state index in [2.05, 4.69) is 9.72 Å². The Morgan fingerprint density at radius 1 is 1.42 bits per heavy atom. The number of hydrogen-bond donors (Lipinski definition) is 1. The second-order valence-electron chi connectivity index (χ2n) is 3.87. The van der Waals surface area contributed by atoms with Gasteiger partial charge in [-0.05, 0) is 18.2 Å². The number of carbonyl (C=O) groups is 2. The summed E-state index contributed by atoms with van der Waals surface area (Å²) >= 11 is 0. The summed E-state index contributed by atoms with van der Waals surface area (Å²) in [5.41, 5.74) is 5.30. The number of rotatable bonds is 3. The lowest BCUT2D eigenvalue weighted by Crippen LogP contribution is -2.28. The fourth-order valence-corrected chi connectivity index (χ4v) is 1.68. The zero-order valence-electron chi connectivity index (χ0n) is 10.1. The van der Waals surface area contributed by atoms with E-state index in [-0.39, 0.29) is 12.1 Å². The van der Waals surface area contributed by atoms with Crippen molar-refractivity contribution in [2.45, 2.75) is 6.54 Å². The number of carbonyl (C=O) groups excluding carboxylic acids is 2. The van der Waals surface area contributed by atoms with Crippen LogP contribution >= 0.6 is 0 Å². The quantitative estimate of drug-likeness (QED) is 0.762. The Kier molecular flexibility index (Phi) is 3.28. The van der Waals surface area contributed by atoms with E-state index < -0.39 is 11.9 Å². The van der Waals surface area contributed by atoms with Gasteiger partial charge in [0.25, 0.3) is 5.56 Å². The van der Waals surface area contributed by atoms with E-state index in [9.17, 15) is 14.4 Å². The van der Waals surface area contributed by atoms with Gasteiger partial charge in [-0.25, -0.2) is 9.78 Å². The molecule has 19 heavy (non-hydrogen) atoms. The molecule has 2 rings (SSSR count). The molecule has 0 fully saturated rings. The normalized spacial score (nSPS) is 10.4. The Bertz CT molecular complexity index is 720. The van der Waals surface area contributed by atoms with Crippen molar-refractivity contribution >= 4 is 22.8 Å². The van der Waals surface area contributed by atoms with Crippen molar-refractivity contribution in [1.82, 2.24) is 9.55 Å². The number of ether oxygens (including phenoxy) is 1. The van der Waals surface area contributed by atoms with Gasteiger partial charge in [-0.1, -0.05) is 0 Å². The molecule has 1 aromatic heterocycles. The number of amides is 1. The first kappa shape index (κ1) is 12.7. The average Bonchev–Trinajstić information content (AvgIpc) is 2.40. The van der Waals surface area contributed by atoms with E-state index in [1.54, 1.807) is 0 Å². The van der Waals surface area contributed by atoms with Crippen molar-refractivity contribution in [1.29, 1.82) is 0 Å². The summed E-state index contributed by atoms with van der Waals surface area (Å²) in [7, 11) is 1.27. The van der Waals surface area contributed by atoms with E-state index >= 15 is 0 Å². The molecule has 1 amide bonds. The monoisotopic (exact) mass is 261 g/mol. The Labute approximate surface area is 107 Å². The number of nitrogens with two attached hydrogens (primary N) is 1. The number of aromatic nitrogens is 2. The van der Waals surface area contributed by atoms with Crippen LogP contribution in [0.25, 0.3) is 10.9 Å². The van der Waals surface area contributed by atoms with Crippen molar-refractivity contribution in [3.05, 3.63) is 40.4 Å². The molecule has 0 spiro atoms. The van der Waals surface area contributed by atoms with Gasteiger partial charge in [0.05, 0.1) is 29.9 Å². The highest BCUT2D eigenvalue weighted by Gasteiger charge is 2.10. The third kappa shape index (κ3) is 2.44. The van der Waals surface area contributed by atoms with Crippen molar-refractivity contribution in [3.8, 4) is 0 Å². The van der Waals surface area contributed by atoms with Gasteiger partial charge in [0.2, 0.25) is 5.91 Å². The molecule has 0 aliphatic heterocycles. The molecule has 2 N–H and O–H groups in total. The molecule has 7 heteroatoms. The fourth-order valence-electron chi connectivity index (χ4n) is 1.68. The van der Waals surface area contributed by atoms with Crippen LogP contribution in [0, 0.1) is 0 Å². The Balaban J connectivity index is 2.57. The number of nitrogens with zero attached hydrogens (tertiary/aromatic N) is 2. The SMILES string of the molecule is COC(=O)c1ccc2c(=O)n(CC(N)=O)cnc2c1. The van der Waals surface area contributed by atoms with Crippen LogP contribution in [0.2, 0.25) is 0 Å². The lowest BCUT2D eigenvalue weighted by atomic mass is 10.1. The van der Waals surface area contributed by atoms with Crippen LogP contribution in [0.1, 0.15) is 10.4 Å². The Morgan fingerprint density at radius 3 is 2.79 bits per heavy atom. The lowest BCUT2D eigenvalue weighted by molar-refractivity contribution is -0.118. The average molecular weight is 261 g/mol. The summed E-state index contributed by atoms with van der Waals surface area (Å²) in [6.07, 6.45) is 1.22. The number of primary amides is 1. The smallest absolute Gasteiger partial charge is 0.337 e. The maximum atomic E-state index is 12.0. The second kappa shape index (κ2) is 4.89. The number of benzene rings is 1. The third-order valence-electron chi connectivity index (χ3n) is 2.57. The molecule has 0 saturated carbocycles. The van der Waals surface area contributed by atoms with E-state index in [1.807, 2.05) is 0 Å². The highest BCUT2D eigenvalue weighted by Crippen LogP contribution is 2.10. The standard InChI is InChI=1S/C12H11N3O4/c1-19-12(18)7-2-3-8-9(4-7)14-6-15(11(8)17)5-10(13)16/h2-4,6H,5H2,1H3,(H2,13,16). The molecule has 1 aromatic carbocycles. The van der Waals surface area contributed by atoms with Crippen LogP contribution in [0.3, 0.4) is 0 Å². The molecule has 7 nitrogen and oxygen atoms in total. The largest absolute Gasteiger partial charge is 0.465 e. The minimum atomic E-state index is -0.630. The van der Waals surface area contributed by atoms with E-state index in [0.717, 1.165) is 4.57 Å². The molecular weight excluding hydrogens is 250 g/mol. The first-order valence-corrected chi connectivity index (χ1v) is 5.38. The summed E-state index contributed by atoms with van der Waals surface area (Å²) in [6, 6.07) is 4.39. The minimum absolute atomic E-state index is 0.236. The van der Waals surface area contributed by atoms with Crippen molar-refractivity contribution in [2.24, 2.45) is 5.73 Å². The molecule has 0 unspecified atom stereocenters. The van der Waals surface area contributed by atoms with Gasteiger partial charge in [0.1, 0.15) is 6.54 Å². The Hall–Kier alpha value is -2.70. The van der Waals surface area contributed by atoms with Crippen LogP contribution in [0.5, 0.6) is 0 Å². The highest BCUT2D eigenvalue weighted by atomic mass is 16.5. The van der Waals surface area contributed by atoms with Crippen molar-refractivity contribution in [2.75, 3.05) is 7.11 Å². The molecule has 0 atom stereocenters. The highest BCUT2D eigenvalue weighted by molar-refractivity contribution is 5.93. The molecule has 2 aromatic rings. The summed E-state index contributed by atoms with van der Waals surface area (Å²) in [6.45, 7) is -0.236. The van der Waals surface area contributed by atoms with Crippen molar-refractivity contribution < 1.29 is 14.3 Å². The molecule has 0 bridgehead atoms. The van der Waals surface area contributed by atoms with Gasteiger partial charge in [0.15, 0.2) is 0 Å². The van der Waals surface area contributed by atoms with E-state index in [4.69, 9.17) is 5.73 Å². The van der Waals surface area contributed by atoms with Crippen LogP contribution in [-0.2, 0) is 16.1 Å².